The predicted molar refractivity (Wildman–Crippen MR) is 28.8 cm³/mol. The molecule has 0 aromatic carbocycles. The van der Waals surface area contributed by atoms with Crippen molar-refractivity contribution >= 4 is 5.97 Å². The van der Waals surface area contributed by atoms with E-state index in [-0.39, 0.29) is 0 Å². The summed E-state index contributed by atoms with van der Waals surface area (Å²) in [4.78, 5) is 10.6. The van der Waals surface area contributed by atoms with Crippen LogP contribution in [-0.4, -0.2) is 23.3 Å². The number of aromatic amines is 1. The third-order valence-electron chi connectivity index (χ3n) is 0.855. The second-order valence-corrected chi connectivity index (χ2v) is 1.40. The molecule has 0 amide bonds. The van der Waals surface area contributed by atoms with Gasteiger partial charge in [0.25, 0.3) is 0 Å². The van der Waals surface area contributed by atoms with Crippen molar-refractivity contribution in [1.82, 2.24) is 10.2 Å². The number of ether oxygens (including phenoxy) is 1. The third-order valence-corrected chi connectivity index (χ3v) is 0.855. The minimum absolute atomic E-state index is 0.317. The summed E-state index contributed by atoms with van der Waals surface area (Å²) in [6.45, 7) is 0. The number of nitrogens with zero attached hydrogens (tertiary/aromatic N) is 1. The van der Waals surface area contributed by atoms with Crippen LogP contribution in [-0.2, 0) is 4.74 Å². The standard InChI is InChI=1S/C5H5N2O2/c1-9-5(8)4-2-6-7-3-4/h2H,1H3,(H,6,7). The number of nitrogens with one attached hydrogen (secondary N) is 1. The van der Waals surface area contributed by atoms with Crippen molar-refractivity contribution in [2.24, 2.45) is 0 Å². The summed E-state index contributed by atoms with van der Waals surface area (Å²) < 4.78 is 4.36. The van der Waals surface area contributed by atoms with Crippen molar-refractivity contribution in [3.05, 3.63) is 18.0 Å². The molecule has 0 spiro atoms. The van der Waals surface area contributed by atoms with Crippen molar-refractivity contribution < 1.29 is 9.53 Å². The molecule has 1 radical (unpaired) electrons. The van der Waals surface area contributed by atoms with E-state index >= 15 is 0 Å². The lowest BCUT2D eigenvalue weighted by Gasteiger charge is -1.89. The molecule has 1 N–H and O–H groups in total. The second kappa shape index (κ2) is 2.30. The average molecular weight is 125 g/mol. The minimum atomic E-state index is -0.427. The first-order chi connectivity index (χ1) is 4.34. The van der Waals surface area contributed by atoms with Gasteiger partial charge in [-0.25, -0.2) is 4.79 Å². The first kappa shape index (κ1) is 5.81. The van der Waals surface area contributed by atoms with Crippen molar-refractivity contribution in [1.29, 1.82) is 0 Å². The summed E-state index contributed by atoms with van der Waals surface area (Å²) in [5, 5.41) is 5.88. The Balaban J connectivity index is 2.77. The lowest BCUT2D eigenvalue weighted by molar-refractivity contribution is 0.0600. The van der Waals surface area contributed by atoms with E-state index < -0.39 is 5.97 Å². The van der Waals surface area contributed by atoms with Gasteiger partial charge in [-0.15, -0.1) is 0 Å². The van der Waals surface area contributed by atoms with E-state index in [1.54, 1.807) is 0 Å². The van der Waals surface area contributed by atoms with E-state index in [0.717, 1.165) is 0 Å². The van der Waals surface area contributed by atoms with Crippen LogP contribution in [0.1, 0.15) is 10.4 Å². The number of esters is 1. The molecule has 0 fully saturated rings. The van der Waals surface area contributed by atoms with Crippen LogP contribution in [0.25, 0.3) is 0 Å². The molecule has 47 valence electrons. The molecule has 4 heteroatoms. The Morgan fingerprint density at radius 1 is 2.00 bits per heavy atom. The normalized spacial score (nSPS) is 9.00. The fourth-order valence-corrected chi connectivity index (χ4v) is 0.436. The maximum absolute atomic E-state index is 10.6. The molecule has 1 rings (SSSR count). The highest BCUT2D eigenvalue weighted by Gasteiger charge is 2.04. The molecule has 1 aromatic rings. The molecule has 9 heavy (non-hydrogen) atoms. The van der Waals surface area contributed by atoms with Gasteiger partial charge in [0, 0.05) is 6.20 Å². The summed E-state index contributed by atoms with van der Waals surface area (Å²) in [6, 6.07) is 0. The van der Waals surface area contributed by atoms with E-state index in [2.05, 4.69) is 21.1 Å². The monoisotopic (exact) mass is 125 g/mol. The molecule has 1 aromatic heterocycles. The van der Waals surface area contributed by atoms with Crippen LogP contribution in [0.2, 0.25) is 0 Å². The van der Waals surface area contributed by atoms with Crippen LogP contribution in [0, 0.1) is 6.20 Å². The Kier molecular flexibility index (Phi) is 1.48. The molecule has 0 aliphatic carbocycles. The SMILES string of the molecule is COC(=O)c1[c]n[nH]c1. The Labute approximate surface area is 51.8 Å². The molecule has 0 aliphatic heterocycles. The quantitative estimate of drug-likeness (QED) is 0.537. The first-order valence-electron chi connectivity index (χ1n) is 2.34. The number of hydrogen-bond acceptors (Lipinski definition) is 3. The molecule has 4 nitrogen and oxygen atoms in total. The Morgan fingerprint density at radius 3 is 3.22 bits per heavy atom. The molecule has 0 bridgehead atoms. The van der Waals surface area contributed by atoms with Gasteiger partial charge in [-0.05, 0) is 0 Å². The topological polar surface area (TPSA) is 55.0 Å². The Morgan fingerprint density at radius 2 is 2.78 bits per heavy atom. The van der Waals surface area contributed by atoms with Crippen LogP contribution in [0.5, 0.6) is 0 Å². The zero-order chi connectivity index (χ0) is 6.69. The van der Waals surface area contributed by atoms with Crippen molar-refractivity contribution in [2.45, 2.75) is 0 Å². The van der Waals surface area contributed by atoms with Crippen molar-refractivity contribution in [3.63, 3.8) is 0 Å². The van der Waals surface area contributed by atoms with Crippen LogP contribution in [0.3, 0.4) is 0 Å². The van der Waals surface area contributed by atoms with E-state index in [4.69, 9.17) is 0 Å². The maximum atomic E-state index is 10.6. The molecule has 0 saturated heterocycles. The number of rotatable bonds is 1. The molecule has 0 atom stereocenters. The molecular weight excluding hydrogens is 120 g/mol. The lowest BCUT2D eigenvalue weighted by atomic mass is 10.4. The number of hydrogen-bond donors (Lipinski definition) is 1. The van der Waals surface area contributed by atoms with E-state index in [9.17, 15) is 4.79 Å². The molecule has 1 heterocycles. The summed E-state index contributed by atoms with van der Waals surface area (Å²) in [7, 11) is 1.31. The highest BCUT2D eigenvalue weighted by atomic mass is 16.5. The van der Waals surface area contributed by atoms with Crippen molar-refractivity contribution in [2.75, 3.05) is 7.11 Å². The minimum Gasteiger partial charge on any atom is -0.465 e. The Hall–Kier alpha value is -1.32. The predicted octanol–water partition coefficient (Wildman–Crippen LogP) is -0.00351. The van der Waals surface area contributed by atoms with Crippen LogP contribution < -0.4 is 0 Å². The largest absolute Gasteiger partial charge is 0.465 e. The summed E-state index contributed by atoms with van der Waals surface area (Å²) in [6.07, 6.45) is 3.83. The number of H-pyrrole nitrogens is 1. The van der Waals surface area contributed by atoms with Gasteiger partial charge in [0.1, 0.15) is 11.8 Å². The smallest absolute Gasteiger partial charge is 0.341 e. The fraction of sp³-hybridized carbons (Fsp3) is 0.200. The highest BCUT2D eigenvalue weighted by molar-refractivity contribution is 5.88. The van der Waals surface area contributed by atoms with Gasteiger partial charge < -0.3 is 4.74 Å². The summed E-state index contributed by atoms with van der Waals surface area (Å²) in [5.41, 5.74) is 0.317. The van der Waals surface area contributed by atoms with Gasteiger partial charge in [-0.3, -0.25) is 5.10 Å². The third kappa shape index (κ3) is 1.07. The van der Waals surface area contributed by atoms with Gasteiger partial charge in [0.15, 0.2) is 0 Å². The van der Waals surface area contributed by atoms with Crippen LogP contribution in [0.4, 0.5) is 0 Å². The van der Waals surface area contributed by atoms with E-state index in [1.807, 2.05) is 0 Å². The van der Waals surface area contributed by atoms with Crippen LogP contribution >= 0.6 is 0 Å². The number of methoxy groups -OCH3 is 1. The molecule has 0 saturated carbocycles. The van der Waals surface area contributed by atoms with Gasteiger partial charge in [0.2, 0.25) is 0 Å². The van der Waals surface area contributed by atoms with Gasteiger partial charge in [-0.2, -0.15) is 5.10 Å². The number of carbonyl (C=O) groups is 1. The van der Waals surface area contributed by atoms with Gasteiger partial charge >= 0.3 is 5.97 Å². The number of carbonyl (C=O) groups excluding carboxylic acids is 1. The number of aromatic nitrogens is 2. The van der Waals surface area contributed by atoms with E-state index in [1.165, 1.54) is 13.3 Å². The Bertz CT molecular complexity index is 193. The zero-order valence-electron chi connectivity index (χ0n) is 4.84. The summed E-state index contributed by atoms with van der Waals surface area (Å²) in [5.74, 6) is -0.427. The van der Waals surface area contributed by atoms with Gasteiger partial charge in [0.05, 0.1) is 7.11 Å². The van der Waals surface area contributed by atoms with E-state index in [0.29, 0.717) is 5.56 Å². The average Bonchev–Trinajstić information content (AvgIpc) is 2.37. The van der Waals surface area contributed by atoms with Gasteiger partial charge in [-0.1, -0.05) is 0 Å². The molecule has 0 aliphatic rings. The highest BCUT2D eigenvalue weighted by Crippen LogP contribution is 1.93. The molecular formula is C5H5N2O2. The fourth-order valence-electron chi connectivity index (χ4n) is 0.436. The van der Waals surface area contributed by atoms with Crippen LogP contribution in [0.15, 0.2) is 6.20 Å². The maximum Gasteiger partial charge on any atom is 0.341 e. The zero-order valence-corrected chi connectivity index (χ0v) is 4.84. The summed E-state index contributed by atoms with van der Waals surface area (Å²) >= 11 is 0. The van der Waals surface area contributed by atoms with Crippen molar-refractivity contribution in [3.8, 4) is 0 Å². The second-order valence-electron chi connectivity index (χ2n) is 1.40. The lowest BCUT2D eigenvalue weighted by Crippen LogP contribution is -1.98. The molecule has 0 unspecified atom stereocenters. The first-order valence-corrected chi connectivity index (χ1v) is 2.34.